The molecule has 0 heterocycles. The van der Waals surface area contributed by atoms with Gasteiger partial charge < -0.3 is 16.0 Å². The van der Waals surface area contributed by atoms with Crippen molar-refractivity contribution in [3.8, 4) is 0 Å². The van der Waals surface area contributed by atoms with Gasteiger partial charge in [-0.3, -0.25) is 4.79 Å². The summed E-state index contributed by atoms with van der Waals surface area (Å²) in [6.45, 7) is 0. The largest absolute Gasteiger partial charge is 0.341 e. The van der Waals surface area contributed by atoms with E-state index in [1.165, 1.54) is 37.7 Å². The fraction of sp³-hybridized carbons (Fsp3) is 0.333. The first-order valence-electron chi connectivity index (χ1n) is 9.16. The van der Waals surface area contributed by atoms with E-state index in [-0.39, 0.29) is 11.9 Å². The van der Waals surface area contributed by atoms with Gasteiger partial charge in [0.05, 0.1) is 0 Å². The molecule has 0 bridgehead atoms. The zero-order valence-corrected chi connectivity index (χ0v) is 15.0. The Bertz CT molecular complexity index is 748. The first kappa shape index (κ1) is 18.0. The Kier molecular flexibility index (Phi) is 5.89. The monoisotopic (exact) mass is 351 g/mol. The normalized spacial score (nSPS) is 14.5. The molecule has 1 aliphatic carbocycles. The Labute approximate surface area is 154 Å². The highest BCUT2D eigenvalue weighted by Crippen LogP contribution is 2.32. The van der Waals surface area contributed by atoms with E-state index in [0.717, 1.165) is 0 Å². The van der Waals surface area contributed by atoms with Crippen LogP contribution in [-0.2, 0) is 0 Å². The van der Waals surface area contributed by atoms with Gasteiger partial charge in [-0.2, -0.15) is 0 Å². The minimum atomic E-state index is -0.278. The van der Waals surface area contributed by atoms with Crippen LogP contribution < -0.4 is 16.0 Å². The molecule has 1 fully saturated rings. The highest BCUT2D eigenvalue weighted by atomic mass is 16.2. The van der Waals surface area contributed by atoms with Crippen LogP contribution >= 0.6 is 0 Å². The number of hydrogen-bond acceptors (Lipinski definition) is 2. The Hall–Kier alpha value is -2.82. The standard InChI is InChI=1S/C21H25N3O2/c1-22-21(26)24-19-13-11-18(12-14-19)23-20(25)17-9-7-16(8-10-17)15-5-3-2-4-6-15/h7-15H,2-6H2,1H3,(H,23,25)(H2,22,24,26). The predicted octanol–water partition coefficient (Wildman–Crippen LogP) is 4.74. The summed E-state index contributed by atoms with van der Waals surface area (Å²) < 4.78 is 0. The summed E-state index contributed by atoms with van der Waals surface area (Å²) in [6, 6.07) is 14.7. The van der Waals surface area contributed by atoms with Gasteiger partial charge in [0.2, 0.25) is 0 Å². The number of anilines is 2. The molecule has 3 N–H and O–H groups in total. The molecule has 5 nitrogen and oxygen atoms in total. The fourth-order valence-electron chi connectivity index (χ4n) is 3.38. The molecule has 2 aromatic rings. The number of carbonyl (C=O) groups is 2. The lowest BCUT2D eigenvalue weighted by atomic mass is 9.84. The lowest BCUT2D eigenvalue weighted by Crippen LogP contribution is -2.24. The summed E-state index contributed by atoms with van der Waals surface area (Å²) in [5, 5.41) is 8.05. The third-order valence-corrected chi connectivity index (χ3v) is 4.88. The van der Waals surface area contributed by atoms with Gasteiger partial charge in [0.15, 0.2) is 0 Å². The summed E-state index contributed by atoms with van der Waals surface area (Å²) >= 11 is 0. The highest BCUT2D eigenvalue weighted by Gasteiger charge is 2.16. The molecule has 0 unspecified atom stereocenters. The Morgan fingerprint density at radius 1 is 0.808 bits per heavy atom. The predicted molar refractivity (Wildman–Crippen MR) is 105 cm³/mol. The van der Waals surface area contributed by atoms with Gasteiger partial charge in [-0.25, -0.2) is 4.79 Å². The molecule has 0 aromatic heterocycles. The molecule has 1 aliphatic rings. The smallest absolute Gasteiger partial charge is 0.318 e. The molecule has 0 radical (unpaired) electrons. The second kappa shape index (κ2) is 8.52. The molecule has 5 heteroatoms. The molecule has 26 heavy (non-hydrogen) atoms. The summed E-state index contributed by atoms with van der Waals surface area (Å²) in [6.07, 6.45) is 6.45. The van der Waals surface area contributed by atoms with Crippen molar-refractivity contribution in [2.24, 2.45) is 0 Å². The van der Waals surface area contributed by atoms with Crippen molar-refractivity contribution in [3.05, 3.63) is 59.7 Å². The van der Waals surface area contributed by atoms with Crippen molar-refractivity contribution in [3.63, 3.8) is 0 Å². The van der Waals surface area contributed by atoms with Gasteiger partial charge >= 0.3 is 6.03 Å². The summed E-state index contributed by atoms with van der Waals surface area (Å²) in [7, 11) is 1.56. The SMILES string of the molecule is CNC(=O)Nc1ccc(NC(=O)c2ccc(C3CCCCC3)cc2)cc1. The van der Waals surface area contributed by atoms with Crippen molar-refractivity contribution in [2.75, 3.05) is 17.7 Å². The van der Waals surface area contributed by atoms with Crippen LogP contribution in [0.5, 0.6) is 0 Å². The lowest BCUT2D eigenvalue weighted by Gasteiger charge is -2.22. The maximum absolute atomic E-state index is 12.4. The van der Waals surface area contributed by atoms with E-state index < -0.39 is 0 Å². The number of nitrogens with one attached hydrogen (secondary N) is 3. The zero-order chi connectivity index (χ0) is 18.4. The zero-order valence-electron chi connectivity index (χ0n) is 15.0. The van der Waals surface area contributed by atoms with E-state index in [4.69, 9.17) is 0 Å². The van der Waals surface area contributed by atoms with Crippen molar-refractivity contribution in [1.29, 1.82) is 0 Å². The van der Waals surface area contributed by atoms with Crippen molar-refractivity contribution >= 4 is 23.3 Å². The van der Waals surface area contributed by atoms with E-state index in [0.29, 0.717) is 22.9 Å². The van der Waals surface area contributed by atoms with E-state index in [9.17, 15) is 9.59 Å². The average molecular weight is 351 g/mol. The minimum Gasteiger partial charge on any atom is -0.341 e. The van der Waals surface area contributed by atoms with Crippen LogP contribution in [0.3, 0.4) is 0 Å². The molecule has 0 spiro atoms. The van der Waals surface area contributed by atoms with Crippen LogP contribution in [-0.4, -0.2) is 19.0 Å². The molecule has 136 valence electrons. The number of amides is 3. The summed E-state index contributed by atoms with van der Waals surface area (Å²) in [5.74, 6) is 0.508. The molecule has 3 amide bonds. The first-order chi connectivity index (χ1) is 12.7. The van der Waals surface area contributed by atoms with Gasteiger partial charge in [-0.1, -0.05) is 31.4 Å². The van der Waals surface area contributed by atoms with Crippen molar-refractivity contribution < 1.29 is 9.59 Å². The van der Waals surface area contributed by atoms with Crippen LogP contribution in [0.25, 0.3) is 0 Å². The van der Waals surface area contributed by atoms with Gasteiger partial charge in [0.25, 0.3) is 5.91 Å². The van der Waals surface area contributed by atoms with Gasteiger partial charge in [0.1, 0.15) is 0 Å². The summed E-state index contributed by atoms with van der Waals surface area (Å²) in [4.78, 5) is 23.7. The quantitative estimate of drug-likeness (QED) is 0.745. The van der Waals surface area contributed by atoms with Gasteiger partial charge in [-0.05, 0) is 60.7 Å². The molecule has 0 atom stereocenters. The van der Waals surface area contributed by atoms with Crippen molar-refractivity contribution in [2.45, 2.75) is 38.0 Å². The average Bonchev–Trinajstić information content (AvgIpc) is 2.70. The maximum atomic E-state index is 12.4. The first-order valence-corrected chi connectivity index (χ1v) is 9.16. The summed E-state index contributed by atoms with van der Waals surface area (Å²) in [5.41, 5.74) is 3.34. The number of benzene rings is 2. The lowest BCUT2D eigenvalue weighted by molar-refractivity contribution is 0.102. The molecular formula is C21H25N3O2. The topological polar surface area (TPSA) is 70.2 Å². The third kappa shape index (κ3) is 4.63. The minimum absolute atomic E-state index is 0.132. The Morgan fingerprint density at radius 2 is 1.38 bits per heavy atom. The molecular weight excluding hydrogens is 326 g/mol. The number of carbonyl (C=O) groups excluding carboxylic acids is 2. The molecule has 3 rings (SSSR count). The van der Waals surface area contributed by atoms with Crippen LogP contribution in [0.1, 0.15) is 53.9 Å². The fourth-order valence-corrected chi connectivity index (χ4v) is 3.38. The third-order valence-electron chi connectivity index (χ3n) is 4.88. The van der Waals surface area contributed by atoms with Gasteiger partial charge in [-0.15, -0.1) is 0 Å². The molecule has 0 aliphatic heterocycles. The van der Waals surface area contributed by atoms with E-state index in [1.54, 1.807) is 31.3 Å². The second-order valence-corrected chi connectivity index (χ2v) is 6.69. The second-order valence-electron chi connectivity index (χ2n) is 6.69. The molecule has 2 aromatic carbocycles. The molecule has 0 saturated heterocycles. The van der Waals surface area contributed by atoms with Crippen LogP contribution in [0.4, 0.5) is 16.2 Å². The Morgan fingerprint density at radius 3 is 1.96 bits per heavy atom. The van der Waals surface area contributed by atoms with Gasteiger partial charge in [0, 0.05) is 24.0 Å². The number of rotatable bonds is 4. The Balaban J connectivity index is 1.59. The number of urea groups is 1. The highest BCUT2D eigenvalue weighted by molar-refractivity contribution is 6.04. The van der Waals surface area contributed by atoms with Crippen LogP contribution in [0, 0.1) is 0 Å². The van der Waals surface area contributed by atoms with Crippen LogP contribution in [0.2, 0.25) is 0 Å². The molecule has 1 saturated carbocycles. The van der Waals surface area contributed by atoms with Crippen LogP contribution in [0.15, 0.2) is 48.5 Å². The van der Waals surface area contributed by atoms with E-state index >= 15 is 0 Å². The maximum Gasteiger partial charge on any atom is 0.318 e. The number of hydrogen-bond donors (Lipinski definition) is 3. The van der Waals surface area contributed by atoms with E-state index in [1.807, 2.05) is 12.1 Å². The van der Waals surface area contributed by atoms with E-state index in [2.05, 4.69) is 28.1 Å². The van der Waals surface area contributed by atoms with Crippen molar-refractivity contribution in [1.82, 2.24) is 5.32 Å².